The number of sulfonamides is 1. The van der Waals surface area contributed by atoms with E-state index in [2.05, 4.69) is 15.0 Å². The van der Waals surface area contributed by atoms with Crippen LogP contribution in [-0.2, 0) is 16.4 Å². The number of anilines is 2. The van der Waals surface area contributed by atoms with Crippen molar-refractivity contribution in [1.29, 1.82) is 0 Å². The van der Waals surface area contributed by atoms with E-state index in [-0.39, 0.29) is 16.6 Å². The molecule has 0 amide bonds. The SMILES string of the molecule is O=S(=O)(Nc1cc(F)cc(F)c1)c1ccc(N[C@H]2c3ccccc3C[C@H]2O)nc1. The molecule has 150 valence electrons. The Bertz CT molecular complexity index is 1130. The van der Waals surface area contributed by atoms with Crippen LogP contribution in [0, 0.1) is 11.6 Å². The van der Waals surface area contributed by atoms with Gasteiger partial charge < -0.3 is 10.4 Å². The molecule has 1 aromatic heterocycles. The highest BCUT2D eigenvalue weighted by Crippen LogP contribution is 2.33. The van der Waals surface area contributed by atoms with Gasteiger partial charge in [0.1, 0.15) is 22.3 Å². The van der Waals surface area contributed by atoms with Gasteiger partial charge in [0.15, 0.2) is 0 Å². The van der Waals surface area contributed by atoms with Crippen LogP contribution in [0.5, 0.6) is 0 Å². The van der Waals surface area contributed by atoms with Crippen LogP contribution in [0.1, 0.15) is 17.2 Å². The van der Waals surface area contributed by atoms with Crippen LogP contribution in [0.15, 0.2) is 65.7 Å². The van der Waals surface area contributed by atoms with Gasteiger partial charge in [-0.3, -0.25) is 4.72 Å². The molecule has 2 aromatic carbocycles. The molecule has 29 heavy (non-hydrogen) atoms. The summed E-state index contributed by atoms with van der Waals surface area (Å²) in [5.74, 6) is -1.40. The molecule has 1 aliphatic carbocycles. The molecule has 0 saturated carbocycles. The number of hydrogen-bond donors (Lipinski definition) is 3. The van der Waals surface area contributed by atoms with Crippen LogP contribution >= 0.6 is 0 Å². The second kappa shape index (κ2) is 7.41. The zero-order valence-electron chi connectivity index (χ0n) is 15.0. The van der Waals surface area contributed by atoms with Crippen LogP contribution in [0.3, 0.4) is 0 Å². The van der Waals surface area contributed by atoms with Gasteiger partial charge >= 0.3 is 0 Å². The molecule has 4 rings (SSSR count). The topological polar surface area (TPSA) is 91.3 Å². The molecule has 0 unspecified atom stereocenters. The third-order valence-corrected chi connectivity index (χ3v) is 6.04. The number of fused-ring (bicyclic) bond motifs is 1. The summed E-state index contributed by atoms with van der Waals surface area (Å²) in [5, 5.41) is 13.4. The number of nitrogens with zero attached hydrogens (tertiary/aromatic N) is 1. The van der Waals surface area contributed by atoms with Crippen molar-refractivity contribution >= 4 is 21.5 Å². The Morgan fingerprint density at radius 2 is 1.76 bits per heavy atom. The summed E-state index contributed by atoms with van der Waals surface area (Å²) in [5.41, 5.74) is 1.78. The lowest BCUT2D eigenvalue weighted by molar-refractivity contribution is 0.165. The van der Waals surface area contributed by atoms with Crippen molar-refractivity contribution in [3.8, 4) is 0 Å². The highest BCUT2D eigenvalue weighted by Gasteiger charge is 2.30. The standard InChI is InChI=1S/C20H17F2N3O3S/c21-13-8-14(22)10-15(9-13)25-29(27,28)16-5-6-19(23-11-16)24-20-17-4-2-1-3-12(17)7-18(20)26/h1-6,8-11,18,20,25-26H,7H2,(H,23,24)/t18-,20+/m1/s1. The Kier molecular flexibility index (Phi) is 4.93. The fourth-order valence-corrected chi connectivity index (χ4v) is 4.34. The summed E-state index contributed by atoms with van der Waals surface area (Å²) in [6.45, 7) is 0. The van der Waals surface area contributed by atoms with E-state index >= 15 is 0 Å². The second-order valence-electron chi connectivity index (χ2n) is 6.74. The first-order chi connectivity index (χ1) is 13.8. The Hall–Kier alpha value is -3.04. The lowest BCUT2D eigenvalue weighted by Gasteiger charge is -2.18. The summed E-state index contributed by atoms with van der Waals surface area (Å²) in [7, 11) is -4.07. The number of nitrogens with one attached hydrogen (secondary N) is 2. The molecule has 1 aliphatic rings. The van der Waals surface area contributed by atoms with Gasteiger partial charge in [0.05, 0.1) is 17.8 Å². The fraction of sp³-hybridized carbons (Fsp3) is 0.150. The van der Waals surface area contributed by atoms with E-state index in [0.717, 1.165) is 29.5 Å². The van der Waals surface area contributed by atoms with E-state index in [1.165, 1.54) is 12.1 Å². The molecule has 0 radical (unpaired) electrons. The molecule has 0 bridgehead atoms. The second-order valence-corrected chi connectivity index (χ2v) is 8.42. The van der Waals surface area contributed by atoms with E-state index in [1.54, 1.807) is 0 Å². The van der Waals surface area contributed by atoms with Crippen LogP contribution < -0.4 is 10.0 Å². The molecule has 0 fully saturated rings. The first kappa shape index (κ1) is 19.3. The first-order valence-corrected chi connectivity index (χ1v) is 10.3. The smallest absolute Gasteiger partial charge is 0.263 e. The van der Waals surface area contributed by atoms with Gasteiger partial charge in [0.25, 0.3) is 10.0 Å². The molecule has 3 N–H and O–H groups in total. The number of hydrogen-bond acceptors (Lipinski definition) is 5. The van der Waals surface area contributed by atoms with Gasteiger partial charge in [0, 0.05) is 18.7 Å². The Morgan fingerprint density at radius 1 is 1.03 bits per heavy atom. The van der Waals surface area contributed by atoms with Crippen molar-refractivity contribution in [2.45, 2.75) is 23.5 Å². The van der Waals surface area contributed by atoms with Crippen LogP contribution in [0.25, 0.3) is 0 Å². The van der Waals surface area contributed by atoms with Crippen molar-refractivity contribution in [3.05, 3.63) is 83.6 Å². The lowest BCUT2D eigenvalue weighted by atomic mass is 10.1. The number of pyridine rings is 1. The molecular formula is C20H17F2N3O3S. The van der Waals surface area contributed by atoms with Gasteiger partial charge in [0.2, 0.25) is 0 Å². The first-order valence-electron chi connectivity index (χ1n) is 8.79. The van der Waals surface area contributed by atoms with E-state index in [4.69, 9.17) is 0 Å². The normalized spacial score (nSPS) is 18.3. The number of aromatic nitrogens is 1. The monoisotopic (exact) mass is 417 g/mol. The maximum Gasteiger partial charge on any atom is 0.263 e. The molecular weight excluding hydrogens is 400 g/mol. The zero-order valence-corrected chi connectivity index (χ0v) is 15.8. The number of aliphatic hydroxyl groups excluding tert-OH is 1. The van der Waals surface area contributed by atoms with Gasteiger partial charge in [-0.05, 0) is 35.4 Å². The maximum absolute atomic E-state index is 13.3. The van der Waals surface area contributed by atoms with Crippen LogP contribution in [0.2, 0.25) is 0 Å². The van der Waals surface area contributed by atoms with E-state index in [9.17, 15) is 22.3 Å². The fourth-order valence-electron chi connectivity index (χ4n) is 3.36. The highest BCUT2D eigenvalue weighted by molar-refractivity contribution is 7.92. The summed E-state index contributed by atoms with van der Waals surface area (Å²) >= 11 is 0. The third-order valence-electron chi connectivity index (χ3n) is 4.67. The average Bonchev–Trinajstić information content (AvgIpc) is 2.96. The zero-order chi connectivity index (χ0) is 20.6. The Balaban J connectivity index is 1.52. The molecule has 0 spiro atoms. The summed E-state index contributed by atoms with van der Waals surface area (Å²) in [6, 6.07) is 12.5. The van der Waals surface area contributed by atoms with Crippen molar-refractivity contribution in [1.82, 2.24) is 4.98 Å². The van der Waals surface area contributed by atoms with E-state index in [1.807, 2.05) is 24.3 Å². The molecule has 1 heterocycles. The Labute approximate surface area is 166 Å². The average molecular weight is 417 g/mol. The van der Waals surface area contributed by atoms with Crippen LogP contribution in [0.4, 0.5) is 20.3 Å². The quantitative estimate of drug-likeness (QED) is 0.593. The number of halogens is 2. The van der Waals surface area contributed by atoms with Crippen LogP contribution in [-0.4, -0.2) is 24.6 Å². The summed E-state index contributed by atoms with van der Waals surface area (Å²) in [6.07, 6.45) is 1.03. The lowest BCUT2D eigenvalue weighted by Crippen LogP contribution is -2.21. The molecule has 0 saturated heterocycles. The third kappa shape index (κ3) is 4.06. The van der Waals surface area contributed by atoms with E-state index in [0.29, 0.717) is 18.3 Å². The van der Waals surface area contributed by atoms with Gasteiger partial charge in [-0.15, -0.1) is 0 Å². The molecule has 3 aromatic rings. The minimum absolute atomic E-state index is 0.167. The maximum atomic E-state index is 13.3. The number of benzene rings is 2. The van der Waals surface area contributed by atoms with Gasteiger partial charge in [-0.2, -0.15) is 0 Å². The van der Waals surface area contributed by atoms with Gasteiger partial charge in [-0.25, -0.2) is 22.2 Å². The minimum atomic E-state index is -4.07. The Morgan fingerprint density at radius 3 is 2.45 bits per heavy atom. The van der Waals surface area contributed by atoms with E-state index < -0.39 is 27.8 Å². The molecule has 2 atom stereocenters. The highest BCUT2D eigenvalue weighted by atomic mass is 32.2. The van der Waals surface area contributed by atoms with Crippen molar-refractivity contribution < 1.29 is 22.3 Å². The summed E-state index contributed by atoms with van der Waals surface area (Å²) < 4.78 is 53.5. The van der Waals surface area contributed by atoms with Crippen molar-refractivity contribution in [3.63, 3.8) is 0 Å². The predicted octanol–water partition coefficient (Wildman–Crippen LogP) is 3.23. The van der Waals surface area contributed by atoms with Crippen molar-refractivity contribution in [2.75, 3.05) is 10.0 Å². The summed E-state index contributed by atoms with van der Waals surface area (Å²) in [4.78, 5) is 3.94. The molecule has 0 aliphatic heterocycles. The van der Waals surface area contributed by atoms with Crippen molar-refractivity contribution in [2.24, 2.45) is 0 Å². The predicted molar refractivity (Wildman–Crippen MR) is 104 cm³/mol. The largest absolute Gasteiger partial charge is 0.390 e. The van der Waals surface area contributed by atoms with Gasteiger partial charge in [-0.1, -0.05) is 24.3 Å². The number of aliphatic hydroxyl groups is 1. The minimum Gasteiger partial charge on any atom is -0.390 e. The molecule has 6 nitrogen and oxygen atoms in total. The molecule has 9 heteroatoms. The number of rotatable bonds is 5.